The van der Waals surface area contributed by atoms with E-state index in [0.29, 0.717) is 16.6 Å². The molecule has 1 radical (unpaired) electrons. The summed E-state index contributed by atoms with van der Waals surface area (Å²) in [6.45, 7) is 0. The summed E-state index contributed by atoms with van der Waals surface area (Å²) < 4.78 is 15.7. The molecule has 0 spiro atoms. The Morgan fingerprint density at radius 2 is 1.25 bits per heavy atom. The van der Waals surface area contributed by atoms with E-state index in [-0.39, 0.29) is 21.7 Å². The van der Waals surface area contributed by atoms with Gasteiger partial charge in [0, 0.05) is 0 Å². The molecule has 45 valence electrons. The van der Waals surface area contributed by atoms with Crippen LogP contribution in [0.2, 0.25) is 0 Å². The molecule has 0 aliphatic carbocycles. The molecular weight excluding hydrogens is 186 g/mol. The van der Waals surface area contributed by atoms with Gasteiger partial charge in [-0.1, -0.05) is 0 Å². The summed E-state index contributed by atoms with van der Waals surface area (Å²) in [5, 5.41) is 0. The molecule has 0 aliphatic rings. The topological polar surface area (TPSA) is 106 Å². The molecule has 0 aliphatic heterocycles. The zero-order valence-corrected chi connectivity index (χ0v) is 8.48. The smallest absolute Gasteiger partial charge is 0.822 e. The Balaban J connectivity index is -0.0000000750. The standard InChI is InChI=1S/Al.H3O4P.H2O.Ti.2H/c;1-5(2,3)4;;;;/h;(H3,1,2,3,4);1H2;;;/q+1;;;+3;;/p-4. The van der Waals surface area contributed by atoms with Crippen molar-refractivity contribution in [2.75, 3.05) is 0 Å². The van der Waals surface area contributed by atoms with Crippen LogP contribution in [-0.4, -0.2) is 20.8 Å². The van der Waals surface area contributed by atoms with Crippen LogP contribution < -0.4 is 14.7 Å². The maximum Gasteiger partial charge on any atom is 3.00 e. The van der Waals surface area contributed by atoms with Crippen LogP contribution in [-0.2, 0) is 26.3 Å². The van der Waals surface area contributed by atoms with Crippen molar-refractivity contribution >= 4 is 24.4 Å². The minimum Gasteiger partial charge on any atom is -0.822 e. The quantitative estimate of drug-likeness (QED) is 0.306. The van der Waals surface area contributed by atoms with Crippen LogP contribution in [0.25, 0.3) is 0 Å². The van der Waals surface area contributed by atoms with Crippen LogP contribution in [0.1, 0.15) is 0 Å². The van der Waals surface area contributed by atoms with E-state index >= 15 is 0 Å². The summed E-state index contributed by atoms with van der Waals surface area (Å²) in [4.78, 5) is 25.6. The molecule has 0 heterocycles. The van der Waals surface area contributed by atoms with Gasteiger partial charge in [-0.25, -0.2) is 0 Å². The van der Waals surface area contributed by atoms with Gasteiger partial charge in [0.15, 0.2) is 0 Å². The van der Waals surface area contributed by atoms with E-state index in [1.807, 2.05) is 0 Å². The van der Waals surface area contributed by atoms with Gasteiger partial charge in [0.2, 0.25) is 0 Å². The van der Waals surface area contributed by atoms with E-state index in [1.165, 1.54) is 0 Å². The van der Waals surface area contributed by atoms with Gasteiger partial charge in [-0.2, -0.15) is 7.82 Å². The molecule has 0 aromatic rings. The predicted molar refractivity (Wildman–Crippen MR) is 18.4 cm³/mol. The number of hydrogen-bond donors (Lipinski definition) is 1. The average Bonchev–Trinajstić information content (AvgIpc) is 1.36. The van der Waals surface area contributed by atoms with Crippen LogP contribution in [0.4, 0.5) is 0 Å². The van der Waals surface area contributed by atoms with Crippen LogP contribution >= 0.6 is 7.82 Å². The van der Waals surface area contributed by atoms with Gasteiger partial charge in [0.05, 0.1) is 0 Å². The van der Waals surface area contributed by atoms with Crippen molar-refractivity contribution in [1.29, 1.82) is 0 Å². The molecule has 8 heavy (non-hydrogen) atoms. The first kappa shape index (κ1) is 16.2. The summed E-state index contributed by atoms with van der Waals surface area (Å²) in [5.41, 5.74) is 0. The second kappa shape index (κ2) is 8.32. The molecule has 8 heteroatoms. The van der Waals surface area contributed by atoms with Crippen molar-refractivity contribution in [3.63, 3.8) is 0 Å². The second-order valence-electron chi connectivity index (χ2n) is 0.447. The first-order valence-corrected chi connectivity index (χ1v) is 3.53. The molecule has 0 atom stereocenters. The zero-order valence-electron chi connectivity index (χ0n) is 4.03. The third kappa shape index (κ3) is 168. The van der Waals surface area contributed by atoms with Crippen LogP contribution in [0, 0.1) is 0 Å². The van der Waals surface area contributed by atoms with Gasteiger partial charge in [0.25, 0.3) is 0 Å². The fourth-order valence-corrected chi connectivity index (χ4v) is 0. The van der Waals surface area contributed by atoms with Gasteiger partial charge in [0.1, 0.15) is 0 Å². The zero-order chi connectivity index (χ0) is 6.50. The fourth-order valence-electron chi connectivity index (χ4n) is 0. The molecule has 0 rings (SSSR count). The molecule has 1 N–H and O–H groups in total. The fraction of sp³-hybridized carbons (Fsp3) is 0. The van der Waals surface area contributed by atoms with Crippen LogP contribution in [0.5, 0.6) is 0 Å². The van der Waals surface area contributed by atoms with Gasteiger partial charge in [-0.15, -0.1) is 0 Å². The van der Waals surface area contributed by atoms with Crippen molar-refractivity contribution < 1.29 is 45.1 Å². The molecule has 0 amide bonds. The second-order valence-corrected chi connectivity index (χ2v) is 1.34. The summed E-state index contributed by atoms with van der Waals surface area (Å²) >= 11 is 0.306. The van der Waals surface area contributed by atoms with E-state index in [4.69, 9.17) is 23.4 Å². The summed E-state index contributed by atoms with van der Waals surface area (Å²) in [6, 6.07) is 0. The SMILES string of the molecule is O=P([O-])([O-])[O-].[OH][AlH2].[Ti+3]. The summed E-state index contributed by atoms with van der Waals surface area (Å²) in [5.74, 6) is 0. The van der Waals surface area contributed by atoms with E-state index in [9.17, 15) is 0 Å². The first-order valence-electron chi connectivity index (χ1n) is 1.18. The van der Waals surface area contributed by atoms with Crippen LogP contribution in [0.3, 0.4) is 0 Å². The van der Waals surface area contributed by atoms with E-state index in [2.05, 4.69) is 0 Å². The summed E-state index contributed by atoms with van der Waals surface area (Å²) in [6.07, 6.45) is 0. The number of hydrogen-bond acceptors (Lipinski definition) is 5. The Hall–Kier alpha value is 1.32. The Labute approximate surface area is 69.6 Å². The van der Waals surface area contributed by atoms with Gasteiger partial charge in [-0.05, 0) is 0 Å². The van der Waals surface area contributed by atoms with Gasteiger partial charge >= 0.3 is 38.3 Å². The molecule has 0 unspecified atom stereocenters. The minimum absolute atomic E-state index is 0. The van der Waals surface area contributed by atoms with Crippen molar-refractivity contribution in [3.8, 4) is 0 Å². The van der Waals surface area contributed by atoms with Crippen molar-refractivity contribution in [2.24, 2.45) is 0 Å². The van der Waals surface area contributed by atoms with Crippen molar-refractivity contribution in [2.45, 2.75) is 0 Å². The van der Waals surface area contributed by atoms with E-state index in [0.717, 1.165) is 0 Å². The van der Waals surface area contributed by atoms with E-state index < -0.39 is 7.82 Å². The average molecular weight is 189 g/mol. The minimum atomic E-state index is -5.39. The van der Waals surface area contributed by atoms with Gasteiger partial charge < -0.3 is 23.4 Å². The third-order valence-electron chi connectivity index (χ3n) is 0. The number of rotatable bonds is 0. The molecule has 0 saturated heterocycles. The Kier molecular flexibility index (Phi) is 16.8. The molecule has 0 aromatic heterocycles. The normalized spacial score (nSPS) is 8.00. The van der Waals surface area contributed by atoms with Crippen molar-refractivity contribution in [1.82, 2.24) is 0 Å². The predicted octanol–water partition coefficient (Wildman–Crippen LogP) is -4.30. The Bertz CT molecular complexity index is 58.6. The first-order chi connectivity index (χ1) is 3.00. The molecule has 0 aromatic carbocycles. The monoisotopic (exact) mass is 189 g/mol. The Morgan fingerprint density at radius 3 is 1.25 bits per heavy atom. The number of phosphoric acid groups is 1. The van der Waals surface area contributed by atoms with E-state index in [1.54, 1.807) is 0 Å². The third-order valence-corrected chi connectivity index (χ3v) is 0. The summed E-state index contributed by atoms with van der Waals surface area (Å²) in [7, 11) is -5.39. The molecular formula is H3AlO5PTi. The molecule has 0 bridgehead atoms. The maximum absolute atomic E-state index is 8.55. The van der Waals surface area contributed by atoms with Crippen molar-refractivity contribution in [3.05, 3.63) is 0 Å². The Morgan fingerprint density at radius 1 is 1.25 bits per heavy atom. The molecule has 0 saturated carbocycles. The maximum atomic E-state index is 8.55. The van der Waals surface area contributed by atoms with Gasteiger partial charge in [-0.3, -0.25) is 0 Å². The molecule has 0 fully saturated rings. The van der Waals surface area contributed by atoms with Crippen LogP contribution in [0.15, 0.2) is 0 Å². The molecule has 5 nitrogen and oxygen atoms in total. The largest absolute Gasteiger partial charge is 3.00 e.